The summed E-state index contributed by atoms with van der Waals surface area (Å²) in [5, 5.41) is 0. The number of nitrogens with zero attached hydrogens (tertiary/aromatic N) is 3. The summed E-state index contributed by atoms with van der Waals surface area (Å²) >= 11 is 0. The van der Waals surface area contributed by atoms with Crippen molar-refractivity contribution in [2.45, 2.75) is 20.3 Å². The van der Waals surface area contributed by atoms with Gasteiger partial charge in [-0.2, -0.15) is 17.0 Å². The fraction of sp³-hybridized carbons (Fsp3) is 0.588. The van der Waals surface area contributed by atoms with Crippen molar-refractivity contribution in [2.24, 2.45) is 0 Å². The Kier molecular flexibility index (Phi) is 6.08. The quantitative estimate of drug-likeness (QED) is 0.801. The predicted octanol–water partition coefficient (Wildman–Crippen LogP) is 1.27. The minimum atomic E-state index is -3.46. The molecule has 1 saturated heterocycles. The lowest BCUT2D eigenvalue weighted by Crippen LogP contribution is -2.42. The SMILES string of the molecule is COc1cc(C)c(C)cc1C(=O)N1CCCN(S(=O)(=O)N(C)C)CC1. The molecule has 0 bridgehead atoms. The van der Waals surface area contributed by atoms with Crippen molar-refractivity contribution in [3.8, 4) is 5.75 Å². The number of amides is 1. The van der Waals surface area contributed by atoms with Gasteiger partial charge in [0.1, 0.15) is 5.75 Å². The number of hydrogen-bond acceptors (Lipinski definition) is 4. The fourth-order valence-corrected chi connectivity index (χ4v) is 3.99. The molecule has 1 aromatic carbocycles. The molecule has 7 nitrogen and oxygen atoms in total. The van der Waals surface area contributed by atoms with Crippen LogP contribution < -0.4 is 4.74 Å². The van der Waals surface area contributed by atoms with Crippen LogP contribution in [-0.4, -0.2) is 75.2 Å². The first-order valence-electron chi connectivity index (χ1n) is 8.30. The summed E-state index contributed by atoms with van der Waals surface area (Å²) in [7, 11) is 1.13. The number of carbonyl (C=O) groups is 1. The van der Waals surface area contributed by atoms with Gasteiger partial charge in [0.25, 0.3) is 16.1 Å². The minimum absolute atomic E-state index is 0.121. The van der Waals surface area contributed by atoms with Crippen LogP contribution in [0.1, 0.15) is 27.9 Å². The maximum Gasteiger partial charge on any atom is 0.281 e. The number of rotatable bonds is 4. The van der Waals surface area contributed by atoms with Gasteiger partial charge in [0.15, 0.2) is 0 Å². The van der Waals surface area contributed by atoms with Crippen molar-refractivity contribution in [3.05, 3.63) is 28.8 Å². The smallest absolute Gasteiger partial charge is 0.281 e. The molecule has 0 radical (unpaired) electrons. The van der Waals surface area contributed by atoms with E-state index in [-0.39, 0.29) is 5.91 Å². The zero-order chi connectivity index (χ0) is 18.8. The third-order valence-electron chi connectivity index (χ3n) is 4.58. The van der Waals surface area contributed by atoms with Crippen LogP contribution in [0.4, 0.5) is 0 Å². The summed E-state index contributed by atoms with van der Waals surface area (Å²) in [6, 6.07) is 3.71. The van der Waals surface area contributed by atoms with Crippen LogP contribution in [0.5, 0.6) is 5.75 Å². The molecule has 8 heteroatoms. The average molecular weight is 369 g/mol. The van der Waals surface area contributed by atoms with E-state index in [4.69, 9.17) is 4.74 Å². The molecule has 2 rings (SSSR count). The van der Waals surface area contributed by atoms with Crippen LogP contribution >= 0.6 is 0 Å². The Morgan fingerprint density at radius 1 is 1.08 bits per heavy atom. The van der Waals surface area contributed by atoms with Crippen molar-refractivity contribution < 1.29 is 17.9 Å². The molecule has 0 saturated carbocycles. The first kappa shape index (κ1) is 19.7. The Morgan fingerprint density at radius 3 is 2.32 bits per heavy atom. The zero-order valence-electron chi connectivity index (χ0n) is 15.6. The van der Waals surface area contributed by atoms with Crippen LogP contribution in [0.2, 0.25) is 0 Å². The van der Waals surface area contributed by atoms with Crippen molar-refractivity contribution in [2.75, 3.05) is 47.4 Å². The third kappa shape index (κ3) is 4.13. The van der Waals surface area contributed by atoms with E-state index in [1.54, 1.807) is 12.0 Å². The van der Waals surface area contributed by atoms with Gasteiger partial charge in [-0.15, -0.1) is 0 Å². The van der Waals surface area contributed by atoms with Gasteiger partial charge in [-0.25, -0.2) is 0 Å². The molecule has 0 unspecified atom stereocenters. The maximum absolute atomic E-state index is 13.0. The van der Waals surface area contributed by atoms with Crippen molar-refractivity contribution >= 4 is 16.1 Å². The largest absolute Gasteiger partial charge is 0.496 e. The van der Waals surface area contributed by atoms with Crippen LogP contribution in [0.25, 0.3) is 0 Å². The molecular weight excluding hydrogens is 342 g/mol. The van der Waals surface area contributed by atoms with Crippen LogP contribution in [-0.2, 0) is 10.2 Å². The van der Waals surface area contributed by atoms with E-state index >= 15 is 0 Å². The molecule has 1 aliphatic heterocycles. The predicted molar refractivity (Wildman–Crippen MR) is 97.2 cm³/mol. The first-order chi connectivity index (χ1) is 11.7. The molecule has 0 spiro atoms. The summed E-state index contributed by atoms with van der Waals surface area (Å²) < 4.78 is 32.6. The van der Waals surface area contributed by atoms with Gasteiger partial charge in [0, 0.05) is 40.3 Å². The summed E-state index contributed by atoms with van der Waals surface area (Å²) in [4.78, 5) is 14.7. The number of carbonyl (C=O) groups excluding carboxylic acids is 1. The van der Waals surface area contributed by atoms with E-state index in [0.29, 0.717) is 43.9 Å². The topological polar surface area (TPSA) is 70.2 Å². The van der Waals surface area contributed by atoms with E-state index in [2.05, 4.69) is 0 Å². The van der Waals surface area contributed by atoms with Gasteiger partial charge < -0.3 is 9.64 Å². The molecule has 0 N–H and O–H groups in total. The Balaban J connectivity index is 2.21. The van der Waals surface area contributed by atoms with Gasteiger partial charge >= 0.3 is 0 Å². The van der Waals surface area contributed by atoms with E-state index in [0.717, 1.165) is 11.1 Å². The molecule has 1 aliphatic rings. The van der Waals surface area contributed by atoms with Crippen molar-refractivity contribution in [1.82, 2.24) is 13.5 Å². The molecule has 25 heavy (non-hydrogen) atoms. The highest BCUT2D eigenvalue weighted by Gasteiger charge is 2.29. The van der Waals surface area contributed by atoms with E-state index in [1.165, 1.54) is 22.7 Å². The van der Waals surface area contributed by atoms with E-state index in [1.807, 2.05) is 26.0 Å². The third-order valence-corrected chi connectivity index (χ3v) is 6.52. The van der Waals surface area contributed by atoms with Gasteiger partial charge in [-0.05, 0) is 43.5 Å². The second kappa shape index (κ2) is 7.72. The standard InChI is InChI=1S/C17H27N3O4S/c1-13-11-15(16(24-5)12-14(13)2)17(21)19-7-6-8-20(10-9-19)25(22,23)18(3)4/h11-12H,6-10H2,1-5H3. The van der Waals surface area contributed by atoms with Gasteiger partial charge in [0.2, 0.25) is 0 Å². The summed E-state index contributed by atoms with van der Waals surface area (Å²) in [5.41, 5.74) is 2.61. The normalized spacial score (nSPS) is 16.8. The summed E-state index contributed by atoms with van der Waals surface area (Å²) in [5.74, 6) is 0.430. The molecule has 0 atom stereocenters. The highest BCUT2D eigenvalue weighted by molar-refractivity contribution is 7.86. The lowest BCUT2D eigenvalue weighted by atomic mass is 10.0. The highest BCUT2D eigenvalue weighted by atomic mass is 32.2. The summed E-state index contributed by atoms with van der Waals surface area (Å²) in [6.45, 7) is 5.52. The molecule has 1 amide bonds. The Bertz CT molecular complexity index is 747. The average Bonchev–Trinajstić information content (AvgIpc) is 2.82. The van der Waals surface area contributed by atoms with E-state index in [9.17, 15) is 13.2 Å². The van der Waals surface area contributed by atoms with Crippen LogP contribution in [0.3, 0.4) is 0 Å². The van der Waals surface area contributed by atoms with Crippen molar-refractivity contribution in [3.63, 3.8) is 0 Å². The van der Waals surface area contributed by atoms with Gasteiger partial charge in [0.05, 0.1) is 12.7 Å². The second-order valence-corrected chi connectivity index (χ2v) is 8.61. The molecular formula is C17H27N3O4S. The fourth-order valence-electron chi connectivity index (χ4n) is 2.85. The van der Waals surface area contributed by atoms with Crippen LogP contribution in [0, 0.1) is 13.8 Å². The second-order valence-electron chi connectivity index (χ2n) is 6.47. The number of aryl methyl sites for hydroxylation is 2. The number of ether oxygens (including phenoxy) is 1. The molecule has 0 aliphatic carbocycles. The zero-order valence-corrected chi connectivity index (χ0v) is 16.4. The van der Waals surface area contributed by atoms with Gasteiger partial charge in [-0.3, -0.25) is 4.79 Å². The lowest BCUT2D eigenvalue weighted by molar-refractivity contribution is 0.0760. The Labute approximate surface area is 150 Å². The molecule has 1 heterocycles. The number of benzene rings is 1. The minimum Gasteiger partial charge on any atom is -0.496 e. The molecule has 1 aromatic rings. The Morgan fingerprint density at radius 2 is 1.72 bits per heavy atom. The summed E-state index contributed by atoms with van der Waals surface area (Å²) in [6.07, 6.45) is 0.603. The lowest BCUT2D eigenvalue weighted by Gasteiger charge is -2.24. The monoisotopic (exact) mass is 369 g/mol. The Hall–Kier alpha value is -1.64. The van der Waals surface area contributed by atoms with Crippen LogP contribution in [0.15, 0.2) is 12.1 Å². The molecule has 140 valence electrons. The maximum atomic E-state index is 13.0. The number of methoxy groups -OCH3 is 1. The molecule has 0 aromatic heterocycles. The highest BCUT2D eigenvalue weighted by Crippen LogP contribution is 2.25. The number of hydrogen-bond donors (Lipinski definition) is 0. The van der Waals surface area contributed by atoms with Crippen molar-refractivity contribution in [1.29, 1.82) is 0 Å². The molecule has 1 fully saturated rings. The van der Waals surface area contributed by atoms with Gasteiger partial charge in [-0.1, -0.05) is 0 Å². The van der Waals surface area contributed by atoms with E-state index < -0.39 is 10.2 Å². The first-order valence-corrected chi connectivity index (χ1v) is 9.70.